The summed E-state index contributed by atoms with van der Waals surface area (Å²) in [5, 5.41) is 18.1. The van der Waals surface area contributed by atoms with Gasteiger partial charge in [0.05, 0.1) is 0 Å². The van der Waals surface area contributed by atoms with Gasteiger partial charge in [0.2, 0.25) is 0 Å². The van der Waals surface area contributed by atoms with Gasteiger partial charge in [0, 0.05) is 11.8 Å². The predicted molar refractivity (Wildman–Crippen MR) is 66.6 cm³/mol. The van der Waals surface area contributed by atoms with Crippen molar-refractivity contribution in [1.82, 2.24) is 4.98 Å². The molecule has 0 saturated heterocycles. The number of rotatable bonds is 5. The summed E-state index contributed by atoms with van der Waals surface area (Å²) < 4.78 is 26.3. The summed E-state index contributed by atoms with van der Waals surface area (Å²) in [6, 6.07) is 2.54. The molecule has 0 aliphatic rings. The van der Waals surface area contributed by atoms with Crippen molar-refractivity contribution in [3.63, 3.8) is 0 Å². The van der Waals surface area contributed by atoms with Crippen molar-refractivity contribution in [3.05, 3.63) is 60.1 Å². The first-order valence-corrected chi connectivity index (χ1v) is 5.16. The van der Waals surface area contributed by atoms with E-state index < -0.39 is 19.6 Å². The van der Waals surface area contributed by atoms with Crippen molar-refractivity contribution in [2.24, 2.45) is 0 Å². The number of pyridine rings is 1. The highest BCUT2D eigenvalue weighted by atomic mass is 19.1. The van der Waals surface area contributed by atoms with E-state index in [1.807, 2.05) is 0 Å². The third-order valence-corrected chi connectivity index (χ3v) is 2.16. The van der Waals surface area contributed by atoms with Gasteiger partial charge in [-0.25, -0.2) is 8.78 Å². The lowest BCUT2D eigenvalue weighted by Crippen LogP contribution is -2.14. The molecule has 0 aliphatic carbocycles. The Bertz CT molecular complexity index is 487. The fourth-order valence-electron chi connectivity index (χ4n) is 1.34. The van der Waals surface area contributed by atoms with E-state index >= 15 is 0 Å². The second kappa shape index (κ2) is 6.83. The standard InChI is InChI=1S/C12H12BF2NO2/c1-2-4-10(13(17)18)7-9(8-14)12-11(15)5-3-6-16-12/h2-7,17-18H,1,8H2/b9-7+,10-4+. The van der Waals surface area contributed by atoms with Gasteiger partial charge in [0.25, 0.3) is 0 Å². The second-order valence-electron chi connectivity index (χ2n) is 3.41. The largest absolute Gasteiger partial charge is 0.488 e. The Morgan fingerprint density at radius 2 is 2.22 bits per heavy atom. The van der Waals surface area contributed by atoms with Crippen LogP contribution in [0.1, 0.15) is 5.69 Å². The van der Waals surface area contributed by atoms with Crippen LogP contribution in [0, 0.1) is 5.82 Å². The highest BCUT2D eigenvalue weighted by molar-refractivity contribution is 6.52. The second-order valence-corrected chi connectivity index (χ2v) is 3.41. The number of nitrogens with zero attached hydrogens (tertiary/aromatic N) is 1. The smallest absolute Gasteiger partial charge is 0.423 e. The topological polar surface area (TPSA) is 53.4 Å². The summed E-state index contributed by atoms with van der Waals surface area (Å²) in [6.07, 6.45) is 5.07. The van der Waals surface area contributed by atoms with Gasteiger partial charge in [-0.3, -0.25) is 4.98 Å². The van der Waals surface area contributed by atoms with Crippen molar-refractivity contribution in [3.8, 4) is 0 Å². The van der Waals surface area contributed by atoms with Crippen molar-refractivity contribution >= 4 is 12.7 Å². The molecule has 0 amide bonds. The van der Waals surface area contributed by atoms with Gasteiger partial charge in [-0.05, 0) is 17.6 Å². The lowest BCUT2D eigenvalue weighted by Gasteiger charge is -2.06. The van der Waals surface area contributed by atoms with Crippen LogP contribution in [0.25, 0.3) is 5.57 Å². The Morgan fingerprint density at radius 3 is 2.72 bits per heavy atom. The van der Waals surface area contributed by atoms with Crippen LogP contribution in [0.3, 0.4) is 0 Å². The normalized spacial score (nSPS) is 12.4. The van der Waals surface area contributed by atoms with Gasteiger partial charge in [0.1, 0.15) is 18.2 Å². The van der Waals surface area contributed by atoms with Gasteiger partial charge >= 0.3 is 7.12 Å². The molecule has 1 aromatic rings. The Hall–Kier alpha value is -1.79. The molecular weight excluding hydrogens is 239 g/mol. The van der Waals surface area contributed by atoms with Crippen LogP contribution in [0.5, 0.6) is 0 Å². The number of hydrogen-bond acceptors (Lipinski definition) is 3. The molecule has 1 heterocycles. The Labute approximate surface area is 104 Å². The summed E-state index contributed by atoms with van der Waals surface area (Å²) in [5.74, 6) is -0.674. The molecule has 18 heavy (non-hydrogen) atoms. The molecule has 1 aromatic heterocycles. The quantitative estimate of drug-likeness (QED) is 0.618. The van der Waals surface area contributed by atoms with Gasteiger partial charge in [-0.2, -0.15) is 0 Å². The Morgan fingerprint density at radius 1 is 1.50 bits per heavy atom. The van der Waals surface area contributed by atoms with Crippen molar-refractivity contribution < 1.29 is 18.8 Å². The van der Waals surface area contributed by atoms with Gasteiger partial charge in [0.15, 0.2) is 0 Å². The predicted octanol–water partition coefficient (Wildman–Crippen LogP) is 1.70. The zero-order chi connectivity index (χ0) is 13.5. The van der Waals surface area contributed by atoms with Crippen LogP contribution in [0.15, 0.2) is 48.6 Å². The van der Waals surface area contributed by atoms with Crippen LogP contribution in [0.2, 0.25) is 0 Å². The van der Waals surface area contributed by atoms with E-state index in [4.69, 9.17) is 10.0 Å². The summed E-state index contributed by atoms with van der Waals surface area (Å²) >= 11 is 0. The molecule has 0 spiro atoms. The highest BCUT2D eigenvalue weighted by Gasteiger charge is 2.15. The fourth-order valence-corrected chi connectivity index (χ4v) is 1.34. The molecule has 0 fully saturated rings. The maximum atomic E-state index is 13.4. The van der Waals surface area contributed by atoms with Crippen LogP contribution < -0.4 is 0 Å². The first-order valence-electron chi connectivity index (χ1n) is 5.16. The first-order chi connectivity index (χ1) is 8.60. The van der Waals surface area contributed by atoms with Gasteiger partial charge in [-0.1, -0.05) is 24.8 Å². The van der Waals surface area contributed by atoms with E-state index in [9.17, 15) is 8.78 Å². The monoisotopic (exact) mass is 251 g/mol. The number of hydrogen-bond donors (Lipinski definition) is 2. The van der Waals surface area contributed by atoms with Crippen molar-refractivity contribution in [2.45, 2.75) is 0 Å². The molecule has 0 unspecified atom stereocenters. The van der Waals surface area contributed by atoms with Gasteiger partial charge in [-0.15, -0.1) is 0 Å². The molecule has 0 saturated carbocycles. The Balaban J connectivity index is 3.21. The third kappa shape index (κ3) is 3.61. The molecule has 2 N–H and O–H groups in total. The zero-order valence-corrected chi connectivity index (χ0v) is 9.55. The first kappa shape index (κ1) is 14.3. The molecule has 3 nitrogen and oxygen atoms in total. The summed E-state index contributed by atoms with van der Waals surface area (Å²) in [6.45, 7) is 2.42. The molecule has 0 bridgehead atoms. The number of allylic oxidation sites excluding steroid dienone is 5. The summed E-state index contributed by atoms with van der Waals surface area (Å²) in [7, 11) is -1.80. The van der Waals surface area contributed by atoms with Crippen molar-refractivity contribution in [1.29, 1.82) is 0 Å². The van der Waals surface area contributed by atoms with E-state index in [2.05, 4.69) is 11.6 Å². The average Bonchev–Trinajstić information content (AvgIpc) is 2.35. The SMILES string of the molecule is C=C/C=C(\C=C(/CF)c1ncccc1F)B(O)O. The highest BCUT2D eigenvalue weighted by Crippen LogP contribution is 2.18. The van der Waals surface area contributed by atoms with Crippen molar-refractivity contribution in [2.75, 3.05) is 6.67 Å². The average molecular weight is 251 g/mol. The molecule has 0 atom stereocenters. The van der Waals surface area contributed by atoms with E-state index in [-0.39, 0.29) is 16.7 Å². The van der Waals surface area contributed by atoms with E-state index in [1.165, 1.54) is 24.4 Å². The minimum atomic E-state index is -1.80. The van der Waals surface area contributed by atoms with Crippen LogP contribution in [-0.4, -0.2) is 28.8 Å². The number of aromatic nitrogens is 1. The molecule has 94 valence electrons. The van der Waals surface area contributed by atoms with E-state index in [0.717, 1.165) is 12.1 Å². The summed E-state index contributed by atoms with van der Waals surface area (Å²) in [4.78, 5) is 3.72. The molecule has 6 heteroatoms. The maximum Gasteiger partial charge on any atom is 0.488 e. The zero-order valence-electron chi connectivity index (χ0n) is 9.55. The van der Waals surface area contributed by atoms with E-state index in [1.54, 1.807) is 0 Å². The minimum absolute atomic E-state index is 0.00250. The minimum Gasteiger partial charge on any atom is -0.423 e. The lowest BCUT2D eigenvalue weighted by molar-refractivity contribution is 0.420. The molecule has 1 rings (SSSR count). The molecule has 0 aliphatic heterocycles. The fraction of sp³-hybridized carbons (Fsp3) is 0.0833. The molecule has 0 radical (unpaired) electrons. The maximum absolute atomic E-state index is 13.4. The Kier molecular flexibility index (Phi) is 5.42. The molecule has 0 aromatic carbocycles. The number of halogens is 2. The number of alkyl halides is 1. The summed E-state index contributed by atoms with van der Waals surface area (Å²) in [5.41, 5.74) is -0.229. The lowest BCUT2D eigenvalue weighted by atomic mass is 9.78. The van der Waals surface area contributed by atoms with E-state index in [0.29, 0.717) is 0 Å². The van der Waals surface area contributed by atoms with Crippen LogP contribution in [0.4, 0.5) is 8.78 Å². The third-order valence-electron chi connectivity index (χ3n) is 2.16. The van der Waals surface area contributed by atoms with Gasteiger partial charge < -0.3 is 10.0 Å². The van der Waals surface area contributed by atoms with Crippen LogP contribution in [-0.2, 0) is 0 Å². The van der Waals surface area contributed by atoms with Crippen LogP contribution >= 0.6 is 0 Å². The molecular formula is C12H12BF2NO2.